The minimum Gasteiger partial charge on any atom is -0.371 e. The molecule has 0 amide bonds. The van der Waals surface area contributed by atoms with E-state index in [0.29, 0.717) is 6.54 Å². The first-order chi connectivity index (χ1) is 7.86. The average molecular weight is 269 g/mol. The molecule has 0 heterocycles. The molecule has 0 fully saturated rings. The summed E-state index contributed by atoms with van der Waals surface area (Å²) in [5.74, 6) is 0.237. The van der Waals surface area contributed by atoms with Crippen LogP contribution in [0.25, 0.3) is 0 Å². The van der Waals surface area contributed by atoms with Gasteiger partial charge in [-0.3, -0.25) is 0 Å². The lowest BCUT2D eigenvalue weighted by atomic mass is 9.79. The van der Waals surface area contributed by atoms with Crippen molar-refractivity contribution in [3.63, 3.8) is 0 Å². The Kier molecular flexibility index (Phi) is 6.14. The fourth-order valence-electron chi connectivity index (χ4n) is 1.29. The maximum absolute atomic E-state index is 12.1. The summed E-state index contributed by atoms with van der Waals surface area (Å²) in [6, 6.07) is 0. The molecule has 0 radical (unpaired) electrons. The first kappa shape index (κ1) is 17.7. The third kappa shape index (κ3) is 7.93. The van der Waals surface area contributed by atoms with Gasteiger partial charge in [0.2, 0.25) is 0 Å². The molecular formula is C13H26F3NO. The minimum atomic E-state index is -4.25. The molecule has 0 aromatic heterocycles. The number of ether oxygens (including phenoxy) is 1. The number of hydrogen-bond donors (Lipinski definition) is 1. The van der Waals surface area contributed by atoms with E-state index in [4.69, 9.17) is 4.74 Å². The van der Waals surface area contributed by atoms with Gasteiger partial charge < -0.3 is 10.1 Å². The van der Waals surface area contributed by atoms with Gasteiger partial charge in [0.05, 0.1) is 6.61 Å². The van der Waals surface area contributed by atoms with E-state index in [0.717, 1.165) is 0 Å². The summed E-state index contributed by atoms with van der Waals surface area (Å²) in [7, 11) is 0. The maximum atomic E-state index is 12.1. The fourth-order valence-corrected chi connectivity index (χ4v) is 1.29. The predicted octanol–water partition coefficient (Wildman–Crippen LogP) is 3.62. The quantitative estimate of drug-likeness (QED) is 0.795. The third-order valence-corrected chi connectivity index (χ3v) is 3.11. The topological polar surface area (TPSA) is 21.3 Å². The first-order valence-electron chi connectivity index (χ1n) is 6.25. The van der Waals surface area contributed by atoms with Crippen molar-refractivity contribution in [2.75, 3.05) is 19.8 Å². The first-order valence-corrected chi connectivity index (χ1v) is 6.25. The summed E-state index contributed by atoms with van der Waals surface area (Å²) in [5, 5.41) is 3.33. The summed E-state index contributed by atoms with van der Waals surface area (Å²) in [6.45, 7) is 11.6. The van der Waals surface area contributed by atoms with Crippen LogP contribution in [0.1, 0.15) is 41.5 Å². The number of alkyl halides is 3. The zero-order valence-electron chi connectivity index (χ0n) is 12.2. The predicted molar refractivity (Wildman–Crippen MR) is 67.6 cm³/mol. The summed E-state index contributed by atoms with van der Waals surface area (Å²) in [5.41, 5.74) is -0.362. The molecule has 0 aliphatic heterocycles. The van der Waals surface area contributed by atoms with Crippen molar-refractivity contribution in [3.05, 3.63) is 0 Å². The molecule has 0 aliphatic carbocycles. The van der Waals surface area contributed by atoms with Crippen molar-refractivity contribution in [1.82, 2.24) is 5.32 Å². The van der Waals surface area contributed by atoms with E-state index in [9.17, 15) is 13.2 Å². The van der Waals surface area contributed by atoms with Gasteiger partial charge in [-0.2, -0.15) is 13.2 Å². The molecule has 110 valence electrons. The molecule has 0 aliphatic rings. The van der Waals surface area contributed by atoms with Crippen LogP contribution in [0.15, 0.2) is 0 Å². The molecule has 0 spiro atoms. The fraction of sp³-hybridized carbons (Fsp3) is 1.00. The Hall–Kier alpha value is -0.290. The Morgan fingerprint density at radius 1 is 1.00 bits per heavy atom. The van der Waals surface area contributed by atoms with Crippen LogP contribution in [0, 0.1) is 11.3 Å². The lowest BCUT2D eigenvalue weighted by Crippen LogP contribution is -2.47. The van der Waals surface area contributed by atoms with Crippen molar-refractivity contribution in [2.24, 2.45) is 11.3 Å². The van der Waals surface area contributed by atoms with E-state index in [-0.39, 0.29) is 23.5 Å². The standard InChI is InChI=1S/C13H26F3NO/c1-10(2)12(6,7-17-11(3,4)5)8-18-9-13(14,15)16/h10,17H,7-9H2,1-6H3. The Bertz CT molecular complexity index is 246. The van der Waals surface area contributed by atoms with Crippen molar-refractivity contribution < 1.29 is 17.9 Å². The van der Waals surface area contributed by atoms with Crippen molar-refractivity contribution in [1.29, 1.82) is 0 Å². The highest BCUT2D eigenvalue weighted by molar-refractivity contribution is 4.83. The van der Waals surface area contributed by atoms with Crippen LogP contribution < -0.4 is 5.32 Å². The van der Waals surface area contributed by atoms with Gasteiger partial charge in [0.15, 0.2) is 0 Å². The van der Waals surface area contributed by atoms with Gasteiger partial charge in [-0.25, -0.2) is 0 Å². The van der Waals surface area contributed by atoms with Crippen LogP contribution in [0.2, 0.25) is 0 Å². The molecule has 18 heavy (non-hydrogen) atoms. The van der Waals surface area contributed by atoms with Gasteiger partial charge in [-0.15, -0.1) is 0 Å². The van der Waals surface area contributed by atoms with E-state index in [1.165, 1.54) is 0 Å². The highest BCUT2D eigenvalue weighted by Crippen LogP contribution is 2.28. The third-order valence-electron chi connectivity index (χ3n) is 3.11. The van der Waals surface area contributed by atoms with Crippen LogP contribution in [-0.2, 0) is 4.74 Å². The Labute approximate surface area is 108 Å². The lowest BCUT2D eigenvalue weighted by Gasteiger charge is -2.36. The SMILES string of the molecule is CC(C)C(C)(CNC(C)(C)C)COCC(F)(F)F. The smallest absolute Gasteiger partial charge is 0.371 e. The van der Waals surface area contributed by atoms with Crippen LogP contribution >= 0.6 is 0 Å². The maximum Gasteiger partial charge on any atom is 0.411 e. The summed E-state index contributed by atoms with van der Waals surface area (Å²) < 4.78 is 41.0. The largest absolute Gasteiger partial charge is 0.411 e. The van der Waals surface area contributed by atoms with E-state index in [1.54, 1.807) is 0 Å². The van der Waals surface area contributed by atoms with Gasteiger partial charge in [0.25, 0.3) is 0 Å². The van der Waals surface area contributed by atoms with Crippen LogP contribution in [0.4, 0.5) is 13.2 Å². The molecule has 5 heteroatoms. The lowest BCUT2D eigenvalue weighted by molar-refractivity contribution is -0.182. The Morgan fingerprint density at radius 2 is 1.50 bits per heavy atom. The van der Waals surface area contributed by atoms with Gasteiger partial charge in [-0.05, 0) is 26.7 Å². The molecule has 1 atom stereocenters. The van der Waals surface area contributed by atoms with E-state index in [2.05, 4.69) is 5.32 Å². The molecule has 0 aromatic carbocycles. The van der Waals surface area contributed by atoms with E-state index in [1.807, 2.05) is 41.5 Å². The molecule has 0 saturated carbocycles. The molecule has 2 nitrogen and oxygen atoms in total. The minimum absolute atomic E-state index is 0.0554. The van der Waals surface area contributed by atoms with Gasteiger partial charge in [0, 0.05) is 17.5 Å². The Morgan fingerprint density at radius 3 is 1.83 bits per heavy atom. The summed E-state index contributed by atoms with van der Waals surface area (Å²) in [6.07, 6.45) is -4.25. The molecule has 0 saturated heterocycles. The van der Waals surface area contributed by atoms with Gasteiger partial charge in [0.1, 0.15) is 6.61 Å². The second-order valence-electron chi connectivity index (χ2n) is 6.52. The summed E-state index contributed by atoms with van der Waals surface area (Å²) >= 11 is 0. The molecule has 1 unspecified atom stereocenters. The number of nitrogens with one attached hydrogen (secondary N) is 1. The van der Waals surface area contributed by atoms with Gasteiger partial charge in [-0.1, -0.05) is 20.8 Å². The molecule has 0 rings (SSSR count). The Balaban J connectivity index is 4.36. The van der Waals surface area contributed by atoms with Crippen molar-refractivity contribution in [3.8, 4) is 0 Å². The van der Waals surface area contributed by atoms with Gasteiger partial charge >= 0.3 is 6.18 Å². The normalized spacial score (nSPS) is 17.0. The monoisotopic (exact) mass is 269 g/mol. The number of halogens is 3. The highest BCUT2D eigenvalue weighted by atomic mass is 19.4. The molecule has 1 N–H and O–H groups in total. The molecule has 0 aromatic rings. The molecule has 0 bridgehead atoms. The van der Waals surface area contributed by atoms with Crippen LogP contribution in [-0.4, -0.2) is 31.5 Å². The molecular weight excluding hydrogens is 243 g/mol. The van der Waals surface area contributed by atoms with E-state index >= 15 is 0 Å². The zero-order valence-corrected chi connectivity index (χ0v) is 12.2. The van der Waals surface area contributed by atoms with Crippen LogP contribution in [0.5, 0.6) is 0 Å². The highest BCUT2D eigenvalue weighted by Gasteiger charge is 2.33. The second-order valence-corrected chi connectivity index (χ2v) is 6.52. The number of hydrogen-bond acceptors (Lipinski definition) is 2. The second kappa shape index (κ2) is 6.24. The van der Waals surface area contributed by atoms with Crippen LogP contribution in [0.3, 0.4) is 0 Å². The van der Waals surface area contributed by atoms with Crippen molar-refractivity contribution in [2.45, 2.75) is 53.3 Å². The average Bonchev–Trinajstić information content (AvgIpc) is 2.11. The zero-order chi connectivity index (χ0) is 14.6. The summed E-state index contributed by atoms with van der Waals surface area (Å²) in [4.78, 5) is 0. The van der Waals surface area contributed by atoms with Crippen molar-refractivity contribution >= 4 is 0 Å². The number of rotatable bonds is 6. The van der Waals surface area contributed by atoms with E-state index < -0.39 is 12.8 Å².